The van der Waals surface area contributed by atoms with Gasteiger partial charge in [-0.1, -0.05) is 48.5 Å². The topological polar surface area (TPSA) is 67.4 Å². The zero-order valence-corrected chi connectivity index (χ0v) is 16.3. The number of carbonyl (C=O) groups is 2. The molecule has 0 aliphatic carbocycles. The maximum atomic E-state index is 12.3. The number of hydrogen-bond acceptors (Lipinski definition) is 3. The van der Waals surface area contributed by atoms with E-state index < -0.39 is 12.0 Å². The minimum atomic E-state index is -0.736. The molecule has 0 saturated carbocycles. The fourth-order valence-corrected chi connectivity index (χ4v) is 2.94. The summed E-state index contributed by atoms with van der Waals surface area (Å²) >= 11 is 0. The van der Waals surface area contributed by atoms with Gasteiger partial charge in [0.05, 0.1) is 6.42 Å². The molecule has 0 aromatic heterocycles. The third-order valence-electron chi connectivity index (χ3n) is 4.72. The van der Waals surface area contributed by atoms with Crippen LogP contribution in [-0.2, 0) is 16.0 Å². The van der Waals surface area contributed by atoms with Gasteiger partial charge in [0.2, 0.25) is 5.91 Å². The van der Waals surface area contributed by atoms with Crippen LogP contribution in [0.4, 0.5) is 0 Å². The number of amides is 2. The molecule has 1 unspecified atom stereocenters. The van der Waals surface area contributed by atoms with Crippen LogP contribution in [0.5, 0.6) is 5.75 Å². The zero-order valence-electron chi connectivity index (χ0n) is 16.3. The van der Waals surface area contributed by atoms with Crippen molar-refractivity contribution >= 4 is 22.6 Å². The molecule has 5 heteroatoms. The van der Waals surface area contributed by atoms with Crippen LogP contribution in [0.25, 0.3) is 10.8 Å². The van der Waals surface area contributed by atoms with Gasteiger partial charge < -0.3 is 4.74 Å². The van der Waals surface area contributed by atoms with Crippen molar-refractivity contribution in [3.8, 4) is 5.75 Å². The van der Waals surface area contributed by atoms with Gasteiger partial charge in [-0.05, 0) is 60.4 Å². The predicted octanol–water partition coefficient (Wildman–Crippen LogP) is 3.61. The molecule has 2 amide bonds. The van der Waals surface area contributed by atoms with Crippen LogP contribution in [0.3, 0.4) is 0 Å². The Morgan fingerprint density at radius 3 is 2.46 bits per heavy atom. The van der Waals surface area contributed by atoms with Gasteiger partial charge in [0.25, 0.3) is 5.91 Å². The van der Waals surface area contributed by atoms with E-state index in [1.54, 1.807) is 6.92 Å². The maximum absolute atomic E-state index is 12.3. The normalized spacial score (nSPS) is 11.7. The fraction of sp³-hybridized carbons (Fsp3) is 0.217. The minimum absolute atomic E-state index is 0.175. The van der Waals surface area contributed by atoms with E-state index >= 15 is 0 Å². The van der Waals surface area contributed by atoms with Crippen molar-refractivity contribution in [2.45, 2.75) is 33.3 Å². The first-order valence-corrected chi connectivity index (χ1v) is 9.23. The van der Waals surface area contributed by atoms with Gasteiger partial charge >= 0.3 is 0 Å². The van der Waals surface area contributed by atoms with E-state index in [0.717, 1.165) is 27.5 Å². The molecule has 144 valence electrons. The van der Waals surface area contributed by atoms with Gasteiger partial charge in [-0.15, -0.1) is 0 Å². The smallest absolute Gasteiger partial charge is 0.279 e. The van der Waals surface area contributed by atoms with Crippen molar-refractivity contribution in [3.05, 3.63) is 77.4 Å². The Labute approximate surface area is 164 Å². The first-order chi connectivity index (χ1) is 13.4. The van der Waals surface area contributed by atoms with Gasteiger partial charge in [-0.3, -0.25) is 20.4 Å². The lowest BCUT2D eigenvalue weighted by molar-refractivity contribution is -0.132. The highest BCUT2D eigenvalue weighted by molar-refractivity contribution is 5.91. The van der Waals surface area contributed by atoms with E-state index in [-0.39, 0.29) is 12.3 Å². The maximum Gasteiger partial charge on any atom is 0.279 e. The number of ether oxygens (including phenoxy) is 1. The van der Waals surface area contributed by atoms with Gasteiger partial charge in [0.1, 0.15) is 5.75 Å². The van der Waals surface area contributed by atoms with Gasteiger partial charge in [0, 0.05) is 0 Å². The molecule has 2 N–H and O–H groups in total. The summed E-state index contributed by atoms with van der Waals surface area (Å²) in [5, 5.41) is 2.10. The number of carbonyl (C=O) groups excluding carboxylic acids is 2. The van der Waals surface area contributed by atoms with Crippen molar-refractivity contribution in [3.63, 3.8) is 0 Å². The lowest BCUT2D eigenvalue weighted by Crippen LogP contribution is -2.47. The van der Waals surface area contributed by atoms with Crippen LogP contribution in [0.2, 0.25) is 0 Å². The number of rotatable bonds is 5. The second kappa shape index (κ2) is 8.57. The summed E-state index contributed by atoms with van der Waals surface area (Å²) in [4.78, 5) is 24.5. The zero-order chi connectivity index (χ0) is 20.1. The SMILES string of the molecule is Cc1ccc(OC(C)C(=O)NNC(=O)Cc2cccc3ccccc23)cc1C. The van der Waals surface area contributed by atoms with E-state index in [0.29, 0.717) is 5.75 Å². The number of aryl methyl sites for hydroxylation is 2. The molecule has 0 saturated heterocycles. The standard InChI is InChI=1S/C23H24N2O3/c1-15-11-12-20(13-16(15)2)28-17(3)23(27)25-24-22(26)14-19-9-6-8-18-7-4-5-10-21(18)19/h4-13,17H,14H2,1-3H3,(H,24,26)(H,25,27). The molecule has 1 atom stereocenters. The fourth-order valence-electron chi connectivity index (χ4n) is 2.94. The highest BCUT2D eigenvalue weighted by Gasteiger charge is 2.16. The third kappa shape index (κ3) is 4.68. The molecule has 5 nitrogen and oxygen atoms in total. The molecule has 0 fully saturated rings. The van der Waals surface area contributed by atoms with Crippen molar-refractivity contribution in [1.29, 1.82) is 0 Å². The first-order valence-electron chi connectivity index (χ1n) is 9.23. The second-order valence-corrected chi connectivity index (χ2v) is 6.86. The predicted molar refractivity (Wildman–Crippen MR) is 110 cm³/mol. The molecule has 0 spiro atoms. The molecule has 28 heavy (non-hydrogen) atoms. The highest BCUT2D eigenvalue weighted by atomic mass is 16.5. The molecule has 3 aromatic rings. The van der Waals surface area contributed by atoms with Gasteiger partial charge in [-0.25, -0.2) is 0 Å². The summed E-state index contributed by atoms with van der Waals surface area (Å²) in [5.41, 5.74) is 8.05. The Morgan fingerprint density at radius 1 is 0.929 bits per heavy atom. The van der Waals surface area contributed by atoms with E-state index in [1.165, 1.54) is 0 Å². The summed E-state index contributed by atoms with van der Waals surface area (Å²) in [6.45, 7) is 5.64. The Bertz CT molecular complexity index is 1010. The van der Waals surface area contributed by atoms with Crippen LogP contribution in [0.1, 0.15) is 23.6 Å². The van der Waals surface area contributed by atoms with Gasteiger partial charge in [-0.2, -0.15) is 0 Å². The van der Waals surface area contributed by atoms with Crippen molar-refractivity contribution in [1.82, 2.24) is 10.9 Å². The average Bonchev–Trinajstić information content (AvgIpc) is 2.69. The second-order valence-electron chi connectivity index (χ2n) is 6.86. The lowest BCUT2D eigenvalue weighted by Gasteiger charge is -2.16. The minimum Gasteiger partial charge on any atom is -0.481 e. The summed E-state index contributed by atoms with van der Waals surface area (Å²) in [5.74, 6) is -0.0830. The third-order valence-corrected chi connectivity index (χ3v) is 4.72. The van der Waals surface area contributed by atoms with E-state index in [1.807, 2.05) is 74.5 Å². The highest BCUT2D eigenvalue weighted by Crippen LogP contribution is 2.19. The molecule has 0 aliphatic heterocycles. The summed E-state index contributed by atoms with van der Waals surface area (Å²) in [6.07, 6.45) is -0.562. The quantitative estimate of drug-likeness (QED) is 0.669. The number of hydrazine groups is 1. The molecule has 0 aliphatic rings. The number of benzene rings is 3. The molecule has 0 bridgehead atoms. The number of nitrogens with one attached hydrogen (secondary N) is 2. The molecule has 0 heterocycles. The Balaban J connectivity index is 1.54. The van der Waals surface area contributed by atoms with Crippen LogP contribution in [0, 0.1) is 13.8 Å². The summed E-state index contributed by atoms with van der Waals surface area (Å²) < 4.78 is 5.66. The van der Waals surface area contributed by atoms with Crippen LogP contribution in [-0.4, -0.2) is 17.9 Å². The van der Waals surface area contributed by atoms with Crippen molar-refractivity contribution < 1.29 is 14.3 Å². The van der Waals surface area contributed by atoms with Crippen LogP contribution in [0.15, 0.2) is 60.7 Å². The average molecular weight is 376 g/mol. The molecular weight excluding hydrogens is 352 g/mol. The van der Waals surface area contributed by atoms with E-state index in [2.05, 4.69) is 10.9 Å². The van der Waals surface area contributed by atoms with Gasteiger partial charge in [0.15, 0.2) is 6.10 Å². The monoisotopic (exact) mass is 376 g/mol. The van der Waals surface area contributed by atoms with Crippen LogP contribution < -0.4 is 15.6 Å². The molecule has 0 radical (unpaired) electrons. The Hall–Kier alpha value is -3.34. The number of fused-ring (bicyclic) bond motifs is 1. The molecular formula is C23H24N2O3. The van der Waals surface area contributed by atoms with Crippen molar-refractivity contribution in [2.75, 3.05) is 0 Å². The molecule has 3 rings (SSSR count). The Morgan fingerprint density at radius 2 is 1.68 bits per heavy atom. The summed E-state index contributed by atoms with van der Waals surface area (Å²) in [7, 11) is 0. The number of hydrogen-bond donors (Lipinski definition) is 2. The summed E-state index contributed by atoms with van der Waals surface area (Å²) in [6, 6.07) is 19.4. The van der Waals surface area contributed by atoms with Crippen molar-refractivity contribution in [2.24, 2.45) is 0 Å². The van der Waals surface area contributed by atoms with E-state index in [9.17, 15) is 9.59 Å². The van der Waals surface area contributed by atoms with E-state index in [4.69, 9.17) is 4.74 Å². The largest absolute Gasteiger partial charge is 0.481 e. The first kappa shape index (κ1) is 19.4. The lowest BCUT2D eigenvalue weighted by atomic mass is 10.0. The van der Waals surface area contributed by atoms with Crippen LogP contribution >= 0.6 is 0 Å². The molecule has 3 aromatic carbocycles. The Kier molecular flexibility index (Phi) is 5.94.